The first-order valence-corrected chi connectivity index (χ1v) is 10.9. The van der Waals surface area contributed by atoms with Gasteiger partial charge < -0.3 is 15.4 Å². The van der Waals surface area contributed by atoms with Crippen molar-refractivity contribution in [1.82, 2.24) is 4.90 Å². The molecule has 1 aliphatic rings. The van der Waals surface area contributed by atoms with Crippen LogP contribution in [0, 0.1) is 12.8 Å². The number of thiophene rings is 1. The Kier molecular flexibility index (Phi) is 7.59. The largest absolute Gasteiger partial charge is 0.462 e. The molecule has 160 valence electrons. The van der Waals surface area contributed by atoms with E-state index in [1.54, 1.807) is 13.0 Å². The van der Waals surface area contributed by atoms with E-state index in [9.17, 15) is 14.4 Å². The van der Waals surface area contributed by atoms with E-state index in [1.165, 1.54) is 11.3 Å². The van der Waals surface area contributed by atoms with Gasteiger partial charge in [-0.25, -0.2) is 4.79 Å². The number of rotatable bonds is 7. The van der Waals surface area contributed by atoms with E-state index in [1.807, 2.05) is 42.2 Å². The summed E-state index contributed by atoms with van der Waals surface area (Å²) in [6, 6.07) is 11.2. The third-order valence-electron chi connectivity index (χ3n) is 5.01. The maximum absolute atomic E-state index is 12.4. The minimum atomic E-state index is -0.364. The number of anilines is 2. The van der Waals surface area contributed by atoms with E-state index >= 15 is 0 Å². The van der Waals surface area contributed by atoms with Crippen molar-refractivity contribution < 1.29 is 19.1 Å². The lowest BCUT2D eigenvalue weighted by molar-refractivity contribution is -0.121. The molecule has 30 heavy (non-hydrogen) atoms. The number of esters is 1. The van der Waals surface area contributed by atoms with Gasteiger partial charge in [-0.1, -0.05) is 18.2 Å². The molecular weight excluding hydrogens is 402 g/mol. The van der Waals surface area contributed by atoms with Crippen LogP contribution in [0.3, 0.4) is 0 Å². The van der Waals surface area contributed by atoms with Crippen LogP contribution in [0.5, 0.6) is 0 Å². The van der Waals surface area contributed by atoms with Gasteiger partial charge in [0.1, 0.15) is 4.88 Å². The van der Waals surface area contributed by atoms with E-state index in [0.717, 1.165) is 24.1 Å². The smallest absolute Gasteiger partial charge is 0.348 e. The number of carbonyl (C=O) groups is 3. The number of benzene rings is 1. The lowest BCUT2D eigenvalue weighted by Crippen LogP contribution is -2.41. The number of nitrogens with zero attached hydrogens (tertiary/aromatic N) is 1. The van der Waals surface area contributed by atoms with Crippen molar-refractivity contribution in [2.75, 3.05) is 36.9 Å². The topological polar surface area (TPSA) is 87.7 Å². The Bertz CT molecular complexity index is 889. The molecule has 0 saturated carbocycles. The maximum Gasteiger partial charge on any atom is 0.348 e. The monoisotopic (exact) mass is 429 g/mol. The summed E-state index contributed by atoms with van der Waals surface area (Å²) in [5.41, 5.74) is 1.59. The average Bonchev–Trinajstić information content (AvgIpc) is 3.09. The number of amides is 2. The molecular formula is C22H27N3O4S. The second kappa shape index (κ2) is 10.4. The molecule has 0 radical (unpaired) electrons. The van der Waals surface area contributed by atoms with Crippen molar-refractivity contribution in [3.63, 3.8) is 0 Å². The molecule has 8 heteroatoms. The highest BCUT2D eigenvalue weighted by Crippen LogP contribution is 2.27. The Labute approximate surface area is 180 Å². The number of likely N-dealkylation sites (tertiary alicyclic amines) is 1. The average molecular weight is 430 g/mol. The normalized spacial score (nSPS) is 14.9. The summed E-state index contributed by atoms with van der Waals surface area (Å²) in [6.45, 7) is 5.55. The van der Waals surface area contributed by atoms with Crippen LogP contribution in [0.15, 0.2) is 36.4 Å². The molecule has 2 amide bonds. The van der Waals surface area contributed by atoms with Gasteiger partial charge in [0, 0.05) is 11.6 Å². The molecule has 0 unspecified atom stereocenters. The fourth-order valence-electron chi connectivity index (χ4n) is 3.44. The van der Waals surface area contributed by atoms with Gasteiger partial charge in [0.25, 0.3) is 0 Å². The number of nitrogens with one attached hydrogen (secondary N) is 2. The minimum absolute atomic E-state index is 0.0332. The molecule has 7 nitrogen and oxygen atoms in total. The number of para-hydroxylation sites is 1. The zero-order valence-corrected chi connectivity index (χ0v) is 18.1. The summed E-state index contributed by atoms with van der Waals surface area (Å²) >= 11 is 1.23. The quantitative estimate of drug-likeness (QED) is 0.658. The Morgan fingerprint density at radius 2 is 1.83 bits per heavy atom. The van der Waals surface area contributed by atoms with Gasteiger partial charge in [0.05, 0.1) is 18.2 Å². The Morgan fingerprint density at radius 1 is 1.13 bits per heavy atom. The van der Waals surface area contributed by atoms with Crippen LogP contribution in [0.2, 0.25) is 0 Å². The van der Waals surface area contributed by atoms with Crippen molar-refractivity contribution >= 4 is 39.8 Å². The minimum Gasteiger partial charge on any atom is -0.462 e. The molecule has 2 N–H and O–H groups in total. The first-order chi connectivity index (χ1) is 14.5. The van der Waals surface area contributed by atoms with Crippen LogP contribution >= 0.6 is 11.3 Å². The van der Waals surface area contributed by atoms with E-state index in [2.05, 4.69) is 10.6 Å². The Morgan fingerprint density at radius 3 is 2.50 bits per heavy atom. The van der Waals surface area contributed by atoms with E-state index in [-0.39, 0.29) is 30.2 Å². The number of aryl methyl sites for hydroxylation is 1. The van der Waals surface area contributed by atoms with Crippen LogP contribution < -0.4 is 10.6 Å². The second-order valence-corrected chi connectivity index (χ2v) is 8.35. The van der Waals surface area contributed by atoms with Gasteiger partial charge in [-0.3, -0.25) is 14.5 Å². The fraction of sp³-hybridized carbons (Fsp3) is 0.409. The lowest BCUT2D eigenvalue weighted by atomic mass is 9.96. The first kappa shape index (κ1) is 22.0. The van der Waals surface area contributed by atoms with E-state index < -0.39 is 0 Å². The molecule has 0 atom stereocenters. The van der Waals surface area contributed by atoms with E-state index in [0.29, 0.717) is 29.6 Å². The first-order valence-electron chi connectivity index (χ1n) is 10.1. The molecule has 0 spiro atoms. The maximum atomic E-state index is 12.4. The van der Waals surface area contributed by atoms with Crippen LogP contribution in [0.1, 0.15) is 35.0 Å². The molecule has 1 saturated heterocycles. The number of carbonyl (C=O) groups excluding carboxylic acids is 3. The summed E-state index contributed by atoms with van der Waals surface area (Å²) in [6.07, 6.45) is 1.44. The Balaban J connectivity index is 1.45. The molecule has 2 aromatic rings. The van der Waals surface area contributed by atoms with Gasteiger partial charge in [-0.2, -0.15) is 0 Å². The van der Waals surface area contributed by atoms with Crippen molar-refractivity contribution in [2.24, 2.45) is 5.92 Å². The SMILES string of the molecule is CCOC(=O)c1sc(NC(=O)CN2CCC(C(=O)Nc3ccccc3)CC2)cc1C. The molecule has 0 bridgehead atoms. The molecule has 3 rings (SSSR count). The number of piperidine rings is 1. The van der Waals surface area contributed by atoms with Gasteiger partial charge in [0.2, 0.25) is 11.8 Å². The zero-order valence-electron chi connectivity index (χ0n) is 17.3. The predicted octanol–water partition coefficient (Wildman–Crippen LogP) is 3.52. The van der Waals surface area contributed by atoms with Crippen molar-refractivity contribution in [3.05, 3.63) is 46.8 Å². The summed E-state index contributed by atoms with van der Waals surface area (Å²) in [4.78, 5) is 39.3. The third-order valence-corrected chi connectivity index (χ3v) is 6.14. The number of ether oxygens (including phenoxy) is 1. The van der Waals surface area contributed by atoms with Crippen LogP contribution in [-0.4, -0.2) is 48.9 Å². The molecule has 2 heterocycles. The number of hydrogen-bond donors (Lipinski definition) is 2. The van der Waals surface area contributed by atoms with Crippen molar-refractivity contribution in [2.45, 2.75) is 26.7 Å². The molecule has 0 aliphatic carbocycles. The summed E-state index contributed by atoms with van der Waals surface area (Å²) in [7, 11) is 0. The third kappa shape index (κ3) is 5.90. The molecule has 1 aromatic heterocycles. The fourth-order valence-corrected chi connectivity index (χ4v) is 4.42. The van der Waals surface area contributed by atoms with Crippen LogP contribution in [0.4, 0.5) is 10.7 Å². The molecule has 1 aliphatic heterocycles. The van der Waals surface area contributed by atoms with Crippen LogP contribution in [0.25, 0.3) is 0 Å². The summed E-state index contributed by atoms with van der Waals surface area (Å²) in [5, 5.41) is 6.45. The number of hydrogen-bond acceptors (Lipinski definition) is 6. The highest BCUT2D eigenvalue weighted by Gasteiger charge is 2.26. The lowest BCUT2D eigenvalue weighted by Gasteiger charge is -2.30. The summed E-state index contributed by atoms with van der Waals surface area (Å²) < 4.78 is 5.03. The Hall–Kier alpha value is -2.71. The zero-order chi connectivity index (χ0) is 21.5. The molecule has 1 fully saturated rings. The molecule has 1 aromatic carbocycles. The van der Waals surface area contributed by atoms with Gasteiger partial charge >= 0.3 is 5.97 Å². The van der Waals surface area contributed by atoms with Crippen molar-refractivity contribution in [1.29, 1.82) is 0 Å². The van der Waals surface area contributed by atoms with Crippen LogP contribution in [-0.2, 0) is 14.3 Å². The van der Waals surface area contributed by atoms with Gasteiger partial charge in [-0.05, 0) is 63.5 Å². The summed E-state index contributed by atoms with van der Waals surface area (Å²) in [5.74, 6) is -0.502. The second-order valence-electron chi connectivity index (χ2n) is 7.30. The highest BCUT2D eigenvalue weighted by atomic mass is 32.1. The standard InChI is InChI=1S/C22H27N3O4S/c1-3-29-22(28)20-15(2)13-19(30-20)24-18(26)14-25-11-9-16(10-12-25)21(27)23-17-7-5-4-6-8-17/h4-8,13,16H,3,9-12,14H2,1-2H3,(H,23,27)(H,24,26). The predicted molar refractivity (Wildman–Crippen MR) is 118 cm³/mol. The van der Waals surface area contributed by atoms with Gasteiger partial charge in [0.15, 0.2) is 0 Å². The highest BCUT2D eigenvalue weighted by molar-refractivity contribution is 7.18. The van der Waals surface area contributed by atoms with Crippen molar-refractivity contribution in [3.8, 4) is 0 Å². The van der Waals surface area contributed by atoms with Gasteiger partial charge in [-0.15, -0.1) is 11.3 Å². The van der Waals surface area contributed by atoms with E-state index in [4.69, 9.17) is 4.74 Å².